The number of amides is 1. The van der Waals surface area contributed by atoms with E-state index in [1.165, 1.54) is 11.5 Å². The number of nitrogens with zero attached hydrogens (tertiary/aromatic N) is 1. The molecule has 0 atom stereocenters. The van der Waals surface area contributed by atoms with E-state index in [-0.39, 0.29) is 5.91 Å². The average Bonchev–Trinajstić information content (AvgIpc) is 3.17. The summed E-state index contributed by atoms with van der Waals surface area (Å²) in [5.41, 5.74) is 1.73. The van der Waals surface area contributed by atoms with Crippen molar-refractivity contribution in [3.05, 3.63) is 59.5 Å². The van der Waals surface area contributed by atoms with Gasteiger partial charge in [-0.05, 0) is 24.1 Å². The number of carbonyl (C=O) groups excluding carboxylic acids is 1. The van der Waals surface area contributed by atoms with Gasteiger partial charge in [0.05, 0.1) is 21.3 Å². The summed E-state index contributed by atoms with van der Waals surface area (Å²) in [4.78, 5) is 14.8. The van der Waals surface area contributed by atoms with Crippen molar-refractivity contribution < 1.29 is 19.0 Å². The third kappa shape index (κ3) is 3.40. The Morgan fingerprint density at radius 1 is 0.960 bits per heavy atom. The first-order chi connectivity index (χ1) is 12.2. The molecular weight excluding hydrogens is 318 g/mol. The second-order valence-electron chi connectivity index (χ2n) is 5.86. The number of benzene rings is 2. The molecule has 0 spiro atoms. The first-order valence-corrected chi connectivity index (χ1v) is 8.17. The summed E-state index contributed by atoms with van der Waals surface area (Å²) in [5.74, 6) is 2.69. The summed E-state index contributed by atoms with van der Waals surface area (Å²) >= 11 is 0. The molecule has 131 valence electrons. The normalized spacial score (nSPS) is 14.4. The minimum absolute atomic E-state index is 0.0369. The van der Waals surface area contributed by atoms with Crippen molar-refractivity contribution in [1.29, 1.82) is 0 Å². The summed E-state index contributed by atoms with van der Waals surface area (Å²) in [6.45, 7) is 1.35. The third-order valence-electron chi connectivity index (χ3n) is 4.45. The van der Waals surface area contributed by atoms with Crippen LogP contribution in [-0.4, -0.2) is 45.2 Å². The van der Waals surface area contributed by atoms with Gasteiger partial charge in [-0.25, -0.2) is 0 Å². The lowest BCUT2D eigenvalue weighted by Gasteiger charge is -2.19. The van der Waals surface area contributed by atoms with E-state index in [4.69, 9.17) is 14.2 Å². The molecule has 1 amide bonds. The second kappa shape index (κ2) is 7.47. The van der Waals surface area contributed by atoms with E-state index in [1.807, 2.05) is 23.1 Å². The monoisotopic (exact) mass is 340 g/mol. The van der Waals surface area contributed by atoms with Crippen molar-refractivity contribution in [2.24, 2.45) is 0 Å². The van der Waals surface area contributed by atoms with Crippen LogP contribution in [0.4, 0.5) is 0 Å². The Hall–Kier alpha value is -2.69. The van der Waals surface area contributed by atoms with Crippen LogP contribution in [0.15, 0.2) is 42.5 Å². The van der Waals surface area contributed by atoms with Gasteiger partial charge in [0.25, 0.3) is 5.91 Å². The van der Waals surface area contributed by atoms with E-state index in [1.54, 1.807) is 33.5 Å². The Bertz CT molecular complexity index is 720. The molecule has 1 fully saturated rings. The number of ether oxygens (including phenoxy) is 3. The van der Waals surface area contributed by atoms with Gasteiger partial charge in [0, 0.05) is 24.6 Å². The lowest BCUT2D eigenvalue weighted by atomic mass is 9.99. The first kappa shape index (κ1) is 17.1. The fraction of sp³-hybridized carbons (Fsp3) is 0.300. The predicted octanol–water partition coefficient (Wildman–Crippen LogP) is 3.18. The third-order valence-corrected chi connectivity index (χ3v) is 4.45. The molecule has 0 bridgehead atoms. The molecule has 5 heteroatoms. The van der Waals surface area contributed by atoms with Gasteiger partial charge in [-0.1, -0.05) is 30.3 Å². The smallest absolute Gasteiger partial charge is 0.254 e. The molecule has 1 heterocycles. The van der Waals surface area contributed by atoms with E-state index in [0.717, 1.165) is 6.42 Å². The van der Waals surface area contributed by atoms with Crippen LogP contribution in [0.5, 0.6) is 17.2 Å². The topological polar surface area (TPSA) is 48.0 Å². The van der Waals surface area contributed by atoms with Gasteiger partial charge in [-0.2, -0.15) is 0 Å². The number of rotatable bonds is 5. The zero-order chi connectivity index (χ0) is 17.8. The van der Waals surface area contributed by atoms with Gasteiger partial charge in [-0.15, -0.1) is 0 Å². The molecule has 0 aromatic heterocycles. The summed E-state index contributed by atoms with van der Waals surface area (Å²) in [6, 6.07) is 13.6. The Kier molecular flexibility index (Phi) is 5.12. The number of likely N-dealkylation sites (tertiary alicyclic amines) is 1. The maximum absolute atomic E-state index is 12.9. The minimum atomic E-state index is -0.0369. The fourth-order valence-corrected chi connectivity index (χ4v) is 3.13. The summed E-state index contributed by atoms with van der Waals surface area (Å²) in [6.07, 6.45) is 0.889. The van der Waals surface area contributed by atoms with Crippen LogP contribution < -0.4 is 14.2 Å². The molecule has 2 aromatic carbocycles. The summed E-state index contributed by atoms with van der Waals surface area (Å²) in [7, 11) is 4.63. The Labute approximate surface area is 148 Å². The Morgan fingerprint density at radius 2 is 1.60 bits per heavy atom. The van der Waals surface area contributed by atoms with Gasteiger partial charge < -0.3 is 19.1 Å². The molecule has 2 aromatic rings. The first-order valence-electron chi connectivity index (χ1n) is 8.17. The van der Waals surface area contributed by atoms with E-state index in [0.29, 0.717) is 35.9 Å². The highest BCUT2D eigenvalue weighted by Gasteiger charge is 2.29. The molecule has 0 aliphatic carbocycles. The van der Waals surface area contributed by atoms with Crippen LogP contribution in [0.1, 0.15) is 22.3 Å². The molecular formula is C20H22NO4. The van der Waals surface area contributed by atoms with Gasteiger partial charge in [0.2, 0.25) is 5.75 Å². The quantitative estimate of drug-likeness (QED) is 0.839. The molecule has 0 unspecified atom stereocenters. The van der Waals surface area contributed by atoms with Crippen LogP contribution in [0.3, 0.4) is 0 Å². The average molecular weight is 340 g/mol. The molecule has 1 radical (unpaired) electrons. The maximum atomic E-state index is 12.9. The molecule has 25 heavy (non-hydrogen) atoms. The van der Waals surface area contributed by atoms with E-state index >= 15 is 0 Å². The highest BCUT2D eigenvalue weighted by Crippen LogP contribution is 2.39. The number of carbonyl (C=O) groups is 1. The molecule has 0 N–H and O–H groups in total. The fourth-order valence-electron chi connectivity index (χ4n) is 3.13. The second-order valence-corrected chi connectivity index (χ2v) is 5.86. The zero-order valence-corrected chi connectivity index (χ0v) is 14.7. The predicted molar refractivity (Wildman–Crippen MR) is 95.4 cm³/mol. The SMILES string of the molecule is COc1cc(C(=O)N2CC[C](c3ccccc3)C2)cc(OC)c1OC. The number of hydrogen-bond acceptors (Lipinski definition) is 4. The zero-order valence-electron chi connectivity index (χ0n) is 14.7. The van der Waals surface area contributed by atoms with Gasteiger partial charge in [-0.3, -0.25) is 4.79 Å². The lowest BCUT2D eigenvalue weighted by Crippen LogP contribution is -2.28. The summed E-state index contributed by atoms with van der Waals surface area (Å²) in [5, 5.41) is 0. The van der Waals surface area contributed by atoms with Crippen molar-refractivity contribution >= 4 is 5.91 Å². The highest BCUT2D eigenvalue weighted by molar-refractivity contribution is 5.96. The number of methoxy groups -OCH3 is 3. The minimum Gasteiger partial charge on any atom is -0.493 e. The van der Waals surface area contributed by atoms with Crippen molar-refractivity contribution in [3.8, 4) is 17.2 Å². The largest absolute Gasteiger partial charge is 0.493 e. The van der Waals surface area contributed by atoms with Gasteiger partial charge in [0.15, 0.2) is 11.5 Å². The molecule has 3 rings (SSSR count). The van der Waals surface area contributed by atoms with Crippen LogP contribution in [0.2, 0.25) is 0 Å². The Morgan fingerprint density at radius 3 is 2.16 bits per heavy atom. The lowest BCUT2D eigenvalue weighted by molar-refractivity contribution is 0.0794. The molecule has 1 aliphatic heterocycles. The van der Waals surface area contributed by atoms with Crippen molar-refractivity contribution in [1.82, 2.24) is 4.90 Å². The van der Waals surface area contributed by atoms with Crippen LogP contribution in [0, 0.1) is 5.92 Å². The van der Waals surface area contributed by atoms with E-state index < -0.39 is 0 Å². The van der Waals surface area contributed by atoms with Crippen LogP contribution in [0.25, 0.3) is 0 Å². The van der Waals surface area contributed by atoms with Crippen LogP contribution in [-0.2, 0) is 0 Å². The highest BCUT2D eigenvalue weighted by atomic mass is 16.5. The molecule has 1 aliphatic rings. The van der Waals surface area contributed by atoms with Crippen molar-refractivity contribution in [2.45, 2.75) is 6.42 Å². The number of hydrogen-bond donors (Lipinski definition) is 0. The Balaban J connectivity index is 1.82. The van der Waals surface area contributed by atoms with Crippen molar-refractivity contribution in [2.75, 3.05) is 34.4 Å². The molecule has 5 nitrogen and oxygen atoms in total. The van der Waals surface area contributed by atoms with E-state index in [2.05, 4.69) is 12.1 Å². The standard InChI is InChI=1S/C20H22NO4/c1-23-17-11-16(12-18(24-2)19(17)25-3)20(22)21-10-9-15(13-21)14-7-5-4-6-8-14/h4-8,11-12H,9-10,13H2,1-3H3. The van der Waals surface area contributed by atoms with Crippen molar-refractivity contribution in [3.63, 3.8) is 0 Å². The molecule has 1 saturated heterocycles. The maximum Gasteiger partial charge on any atom is 0.254 e. The van der Waals surface area contributed by atoms with Crippen LogP contribution >= 0.6 is 0 Å². The van der Waals surface area contributed by atoms with Gasteiger partial charge in [0.1, 0.15) is 0 Å². The van der Waals surface area contributed by atoms with Gasteiger partial charge >= 0.3 is 0 Å². The van der Waals surface area contributed by atoms with E-state index in [9.17, 15) is 4.79 Å². The summed E-state index contributed by atoms with van der Waals surface area (Å²) < 4.78 is 16.0. The molecule has 0 saturated carbocycles.